The van der Waals surface area contributed by atoms with Crippen LogP contribution in [0.5, 0.6) is 0 Å². The second kappa shape index (κ2) is 5.93. The SMILES string of the molecule is CC1CC(n2c(CCCl)nc3ccc(F)cc32)CCN1C. The zero-order chi connectivity index (χ0) is 15.0. The van der Waals surface area contributed by atoms with Crippen molar-refractivity contribution in [3.8, 4) is 0 Å². The Bertz CT molecular complexity index is 640. The predicted octanol–water partition coefficient (Wildman–Crippen LogP) is 3.61. The van der Waals surface area contributed by atoms with Crippen LogP contribution in [-0.2, 0) is 6.42 Å². The molecule has 0 aliphatic carbocycles. The van der Waals surface area contributed by atoms with E-state index in [0.29, 0.717) is 18.0 Å². The van der Waals surface area contributed by atoms with Crippen molar-refractivity contribution >= 4 is 22.6 Å². The van der Waals surface area contributed by atoms with E-state index in [9.17, 15) is 4.39 Å². The van der Waals surface area contributed by atoms with E-state index in [1.807, 2.05) is 0 Å². The number of halogens is 2. The van der Waals surface area contributed by atoms with E-state index < -0.39 is 0 Å². The Morgan fingerprint density at radius 2 is 2.24 bits per heavy atom. The van der Waals surface area contributed by atoms with Gasteiger partial charge in [0.15, 0.2) is 0 Å². The summed E-state index contributed by atoms with van der Waals surface area (Å²) < 4.78 is 15.9. The first-order valence-electron chi connectivity index (χ1n) is 7.52. The third-order valence-electron chi connectivity index (χ3n) is 4.59. The largest absolute Gasteiger partial charge is 0.325 e. The van der Waals surface area contributed by atoms with Crippen LogP contribution in [0, 0.1) is 5.82 Å². The zero-order valence-corrected chi connectivity index (χ0v) is 13.3. The van der Waals surface area contributed by atoms with Crippen LogP contribution >= 0.6 is 11.6 Å². The predicted molar refractivity (Wildman–Crippen MR) is 84.5 cm³/mol. The molecule has 1 aromatic carbocycles. The summed E-state index contributed by atoms with van der Waals surface area (Å²) in [5, 5.41) is 0. The van der Waals surface area contributed by atoms with Crippen LogP contribution in [0.4, 0.5) is 4.39 Å². The van der Waals surface area contributed by atoms with Crippen LogP contribution in [0.15, 0.2) is 18.2 Å². The summed E-state index contributed by atoms with van der Waals surface area (Å²) in [6.07, 6.45) is 2.85. The highest BCUT2D eigenvalue weighted by Crippen LogP contribution is 2.31. The second-order valence-corrected chi connectivity index (χ2v) is 6.36. The monoisotopic (exact) mass is 309 g/mol. The lowest BCUT2D eigenvalue weighted by molar-refractivity contribution is 0.157. The molecular weight excluding hydrogens is 289 g/mol. The number of piperidine rings is 1. The molecule has 1 aliphatic rings. The van der Waals surface area contributed by atoms with E-state index in [0.717, 1.165) is 42.7 Å². The minimum Gasteiger partial charge on any atom is -0.325 e. The van der Waals surface area contributed by atoms with Gasteiger partial charge >= 0.3 is 0 Å². The number of imidazole rings is 1. The summed E-state index contributed by atoms with van der Waals surface area (Å²) in [5.74, 6) is 1.31. The maximum Gasteiger partial charge on any atom is 0.125 e. The molecule has 2 unspecified atom stereocenters. The quantitative estimate of drug-likeness (QED) is 0.808. The molecule has 2 aromatic rings. The van der Waals surface area contributed by atoms with Gasteiger partial charge in [-0.1, -0.05) is 0 Å². The smallest absolute Gasteiger partial charge is 0.125 e. The van der Waals surface area contributed by atoms with Crippen molar-refractivity contribution in [2.24, 2.45) is 0 Å². The minimum absolute atomic E-state index is 0.206. The van der Waals surface area contributed by atoms with E-state index in [1.54, 1.807) is 12.1 Å². The maximum absolute atomic E-state index is 13.6. The maximum atomic E-state index is 13.6. The van der Waals surface area contributed by atoms with E-state index >= 15 is 0 Å². The van der Waals surface area contributed by atoms with Gasteiger partial charge in [-0.25, -0.2) is 9.37 Å². The molecule has 0 spiro atoms. The number of aromatic nitrogens is 2. The first-order chi connectivity index (χ1) is 10.1. The van der Waals surface area contributed by atoms with Crippen molar-refractivity contribution in [3.05, 3.63) is 29.8 Å². The molecule has 1 aromatic heterocycles. The fourth-order valence-corrected chi connectivity index (χ4v) is 3.45. The summed E-state index contributed by atoms with van der Waals surface area (Å²) in [6, 6.07) is 5.74. The van der Waals surface area contributed by atoms with Crippen LogP contribution in [0.1, 0.15) is 31.6 Å². The molecule has 1 saturated heterocycles. The number of nitrogens with zero attached hydrogens (tertiary/aromatic N) is 3. The van der Waals surface area contributed by atoms with Gasteiger partial charge in [0.2, 0.25) is 0 Å². The highest BCUT2D eigenvalue weighted by Gasteiger charge is 2.27. The van der Waals surface area contributed by atoms with E-state index in [4.69, 9.17) is 11.6 Å². The van der Waals surface area contributed by atoms with E-state index in [2.05, 4.69) is 28.4 Å². The molecule has 3 nitrogen and oxygen atoms in total. The number of rotatable bonds is 3. The van der Waals surface area contributed by atoms with E-state index in [1.165, 1.54) is 6.07 Å². The third-order valence-corrected chi connectivity index (χ3v) is 4.78. The Kier molecular flexibility index (Phi) is 4.18. The molecule has 21 heavy (non-hydrogen) atoms. The number of alkyl halides is 1. The van der Waals surface area contributed by atoms with Crippen molar-refractivity contribution < 1.29 is 4.39 Å². The Labute approximate surface area is 129 Å². The highest BCUT2D eigenvalue weighted by atomic mass is 35.5. The molecule has 3 rings (SSSR count). The zero-order valence-electron chi connectivity index (χ0n) is 12.5. The number of hydrogen-bond acceptors (Lipinski definition) is 2. The Morgan fingerprint density at radius 3 is 2.95 bits per heavy atom. The summed E-state index contributed by atoms with van der Waals surface area (Å²) in [7, 11) is 2.16. The minimum atomic E-state index is -0.206. The second-order valence-electron chi connectivity index (χ2n) is 5.98. The number of benzene rings is 1. The molecule has 2 atom stereocenters. The number of fused-ring (bicyclic) bond motifs is 1. The van der Waals surface area contributed by atoms with Crippen molar-refractivity contribution in [1.82, 2.24) is 14.5 Å². The lowest BCUT2D eigenvalue weighted by Crippen LogP contribution is -2.38. The average Bonchev–Trinajstić information content (AvgIpc) is 2.80. The molecule has 0 N–H and O–H groups in total. The van der Waals surface area contributed by atoms with Crippen molar-refractivity contribution in [3.63, 3.8) is 0 Å². The first-order valence-corrected chi connectivity index (χ1v) is 8.06. The van der Waals surface area contributed by atoms with Crippen LogP contribution < -0.4 is 0 Å². The lowest BCUT2D eigenvalue weighted by Gasteiger charge is -2.36. The van der Waals surface area contributed by atoms with Crippen molar-refractivity contribution in [2.75, 3.05) is 19.5 Å². The molecule has 0 saturated carbocycles. The normalized spacial score (nSPS) is 23.8. The molecule has 0 radical (unpaired) electrons. The standard InChI is InChI=1S/C16H21ClFN3/c1-11-9-13(6-8-20(11)2)21-15-10-12(18)3-4-14(15)19-16(21)5-7-17/h3-4,10-11,13H,5-9H2,1-2H3. The summed E-state index contributed by atoms with van der Waals surface area (Å²) in [5.41, 5.74) is 1.76. The van der Waals surface area contributed by atoms with Crippen LogP contribution in [0.2, 0.25) is 0 Å². The summed E-state index contributed by atoms with van der Waals surface area (Å²) in [6.45, 7) is 3.30. The fraction of sp³-hybridized carbons (Fsp3) is 0.562. The molecule has 0 amide bonds. The molecule has 2 heterocycles. The van der Waals surface area contributed by atoms with Gasteiger partial charge in [-0.2, -0.15) is 0 Å². The van der Waals surface area contributed by atoms with Gasteiger partial charge in [0.25, 0.3) is 0 Å². The number of aryl methyl sites for hydroxylation is 1. The third kappa shape index (κ3) is 2.79. The number of likely N-dealkylation sites (tertiary alicyclic amines) is 1. The van der Waals surface area contributed by atoms with Gasteiger partial charge in [0, 0.05) is 30.9 Å². The fourth-order valence-electron chi connectivity index (χ4n) is 3.28. The molecule has 1 fully saturated rings. The lowest BCUT2D eigenvalue weighted by atomic mass is 9.98. The van der Waals surface area contributed by atoms with Gasteiger partial charge in [0.05, 0.1) is 11.0 Å². The molecule has 5 heteroatoms. The first kappa shape index (κ1) is 14.8. The summed E-state index contributed by atoms with van der Waals surface area (Å²) >= 11 is 5.92. The van der Waals surface area contributed by atoms with Gasteiger partial charge in [-0.15, -0.1) is 11.6 Å². The Morgan fingerprint density at radius 1 is 1.43 bits per heavy atom. The summed E-state index contributed by atoms with van der Waals surface area (Å²) in [4.78, 5) is 7.03. The Balaban J connectivity index is 2.06. The number of hydrogen-bond donors (Lipinski definition) is 0. The van der Waals surface area contributed by atoms with Crippen LogP contribution in [0.3, 0.4) is 0 Å². The molecule has 1 aliphatic heterocycles. The van der Waals surface area contributed by atoms with E-state index in [-0.39, 0.29) is 5.82 Å². The topological polar surface area (TPSA) is 21.1 Å². The molecule has 0 bridgehead atoms. The van der Waals surface area contributed by atoms with Gasteiger partial charge in [0.1, 0.15) is 11.6 Å². The van der Waals surface area contributed by atoms with Gasteiger partial charge < -0.3 is 9.47 Å². The average molecular weight is 310 g/mol. The van der Waals surface area contributed by atoms with Gasteiger partial charge in [-0.05, 0) is 45.0 Å². The van der Waals surface area contributed by atoms with Crippen LogP contribution in [0.25, 0.3) is 11.0 Å². The van der Waals surface area contributed by atoms with Gasteiger partial charge in [-0.3, -0.25) is 0 Å². The highest BCUT2D eigenvalue weighted by molar-refractivity contribution is 6.17. The van der Waals surface area contributed by atoms with Crippen molar-refractivity contribution in [2.45, 2.75) is 38.3 Å². The van der Waals surface area contributed by atoms with Crippen molar-refractivity contribution in [1.29, 1.82) is 0 Å². The Hall–Kier alpha value is -1.13. The molecular formula is C16H21ClFN3. The molecule has 114 valence electrons. The van der Waals surface area contributed by atoms with Crippen LogP contribution in [-0.4, -0.2) is 40.0 Å².